The molecule has 1 heterocycles. The highest BCUT2D eigenvalue weighted by Gasteiger charge is 2.19. The van der Waals surface area contributed by atoms with E-state index in [2.05, 4.69) is 10.2 Å². The molecule has 0 unspecified atom stereocenters. The predicted octanol–water partition coefficient (Wildman–Crippen LogP) is 1.87. The van der Waals surface area contributed by atoms with Crippen molar-refractivity contribution in [3.8, 4) is 11.1 Å². The zero-order chi connectivity index (χ0) is 11.6. The molecule has 0 amide bonds. The quantitative estimate of drug-likeness (QED) is 0.884. The average molecular weight is 236 g/mol. The molecule has 1 aromatic heterocycles. The average Bonchev–Trinajstić information content (AvgIpc) is 2.80. The number of benzene rings is 1. The highest BCUT2D eigenvalue weighted by Crippen LogP contribution is 2.25. The van der Waals surface area contributed by atoms with Crippen molar-refractivity contribution < 1.29 is 8.42 Å². The van der Waals surface area contributed by atoms with Crippen molar-refractivity contribution in [3.05, 3.63) is 36.5 Å². The van der Waals surface area contributed by atoms with E-state index in [1.165, 1.54) is 6.20 Å². The molecule has 0 aliphatic carbocycles. The van der Waals surface area contributed by atoms with Crippen molar-refractivity contribution in [2.45, 2.75) is 11.9 Å². The summed E-state index contributed by atoms with van der Waals surface area (Å²) in [5.74, 6) is 0.0645. The Labute approximate surface area is 94.2 Å². The zero-order valence-electron chi connectivity index (χ0n) is 8.84. The van der Waals surface area contributed by atoms with E-state index in [9.17, 15) is 8.42 Å². The summed E-state index contributed by atoms with van der Waals surface area (Å²) in [6.07, 6.45) is 1.54. The second kappa shape index (κ2) is 4.09. The maximum absolute atomic E-state index is 11.8. The number of hydrogen-bond acceptors (Lipinski definition) is 3. The van der Waals surface area contributed by atoms with Gasteiger partial charge < -0.3 is 0 Å². The van der Waals surface area contributed by atoms with Crippen LogP contribution in [-0.4, -0.2) is 24.4 Å². The fraction of sp³-hybridized carbons (Fsp3) is 0.182. The number of nitrogens with zero attached hydrogens (tertiary/aromatic N) is 1. The van der Waals surface area contributed by atoms with Crippen LogP contribution in [0.2, 0.25) is 0 Å². The molecule has 2 rings (SSSR count). The third-order valence-corrected chi connectivity index (χ3v) is 4.07. The summed E-state index contributed by atoms with van der Waals surface area (Å²) in [5, 5.41) is 6.56. The summed E-state index contributed by atoms with van der Waals surface area (Å²) in [6, 6.07) is 9.34. The maximum atomic E-state index is 11.8. The molecule has 5 heteroatoms. The fourth-order valence-corrected chi connectivity index (χ4v) is 2.47. The molecule has 2 aromatic rings. The normalized spacial score (nSPS) is 11.6. The second-order valence-electron chi connectivity index (χ2n) is 3.38. The number of nitrogens with one attached hydrogen (secondary N) is 1. The molecular formula is C11H12N2O2S. The molecule has 0 aliphatic heterocycles. The van der Waals surface area contributed by atoms with Crippen molar-refractivity contribution in [1.82, 2.24) is 10.2 Å². The third kappa shape index (κ3) is 1.86. The minimum absolute atomic E-state index is 0.0645. The highest BCUT2D eigenvalue weighted by atomic mass is 32.2. The lowest BCUT2D eigenvalue weighted by atomic mass is 10.1. The first-order chi connectivity index (χ1) is 7.65. The summed E-state index contributed by atoms with van der Waals surface area (Å²) in [4.78, 5) is 0. The molecule has 0 saturated heterocycles. The van der Waals surface area contributed by atoms with E-state index in [0.29, 0.717) is 5.56 Å². The Morgan fingerprint density at radius 2 is 1.94 bits per heavy atom. The predicted molar refractivity (Wildman–Crippen MR) is 61.8 cm³/mol. The zero-order valence-corrected chi connectivity index (χ0v) is 9.66. The van der Waals surface area contributed by atoms with E-state index < -0.39 is 9.84 Å². The molecule has 4 nitrogen and oxygen atoms in total. The molecule has 0 bridgehead atoms. The largest absolute Gasteiger partial charge is 0.267 e. The smallest absolute Gasteiger partial charge is 0.195 e. The van der Waals surface area contributed by atoms with Crippen LogP contribution in [0.5, 0.6) is 0 Å². The summed E-state index contributed by atoms with van der Waals surface area (Å²) < 4.78 is 23.6. The molecule has 0 radical (unpaired) electrons. The Bertz CT molecular complexity index is 573. The van der Waals surface area contributed by atoms with Gasteiger partial charge in [-0.25, -0.2) is 8.42 Å². The van der Waals surface area contributed by atoms with Crippen LogP contribution in [0.15, 0.2) is 41.6 Å². The molecule has 0 aliphatic rings. The van der Waals surface area contributed by atoms with Gasteiger partial charge in [-0.1, -0.05) is 37.3 Å². The lowest BCUT2D eigenvalue weighted by Gasteiger charge is -2.02. The Kier molecular flexibility index (Phi) is 2.78. The molecule has 0 saturated carbocycles. The first kappa shape index (κ1) is 10.9. The van der Waals surface area contributed by atoms with Crippen molar-refractivity contribution in [2.75, 3.05) is 5.75 Å². The van der Waals surface area contributed by atoms with Crippen molar-refractivity contribution in [1.29, 1.82) is 0 Å². The molecule has 1 aromatic carbocycles. The van der Waals surface area contributed by atoms with Gasteiger partial charge >= 0.3 is 0 Å². The number of aromatic amines is 1. The Morgan fingerprint density at radius 1 is 1.25 bits per heavy atom. The topological polar surface area (TPSA) is 62.8 Å². The van der Waals surface area contributed by atoms with Crippen LogP contribution in [0.1, 0.15) is 6.92 Å². The standard InChI is InChI=1S/C11H12N2O2S/c1-2-16(14,15)11-10(8-12-13-11)9-6-4-3-5-7-9/h3-8H,2H2,1H3,(H,12,13). The van der Waals surface area contributed by atoms with E-state index in [0.717, 1.165) is 5.56 Å². The summed E-state index contributed by atoms with van der Waals surface area (Å²) >= 11 is 0. The Morgan fingerprint density at radius 3 is 2.56 bits per heavy atom. The fourth-order valence-electron chi connectivity index (χ4n) is 1.48. The SMILES string of the molecule is CCS(=O)(=O)c1[nH]ncc1-c1ccccc1. The number of sulfone groups is 1. The van der Waals surface area contributed by atoms with Crippen LogP contribution in [-0.2, 0) is 9.84 Å². The van der Waals surface area contributed by atoms with Crippen molar-refractivity contribution in [3.63, 3.8) is 0 Å². The molecule has 84 valence electrons. The molecule has 0 fully saturated rings. The Hall–Kier alpha value is -1.62. The third-order valence-electron chi connectivity index (χ3n) is 2.38. The summed E-state index contributed by atoms with van der Waals surface area (Å²) in [5.41, 5.74) is 1.48. The lowest BCUT2D eigenvalue weighted by Crippen LogP contribution is -2.05. The second-order valence-corrected chi connectivity index (χ2v) is 5.60. The number of H-pyrrole nitrogens is 1. The highest BCUT2D eigenvalue weighted by molar-refractivity contribution is 7.91. The van der Waals surface area contributed by atoms with Crippen LogP contribution in [0.25, 0.3) is 11.1 Å². The molecule has 1 N–H and O–H groups in total. The van der Waals surface area contributed by atoms with Crippen LogP contribution < -0.4 is 0 Å². The number of hydrogen-bond donors (Lipinski definition) is 1. The first-order valence-electron chi connectivity index (χ1n) is 4.96. The van der Waals surface area contributed by atoms with Gasteiger partial charge in [0.05, 0.1) is 11.9 Å². The van der Waals surface area contributed by atoms with Crippen LogP contribution in [0.3, 0.4) is 0 Å². The van der Waals surface area contributed by atoms with Gasteiger partial charge in [0.2, 0.25) is 0 Å². The molecule has 0 atom stereocenters. The van der Waals surface area contributed by atoms with Gasteiger partial charge in [-0.05, 0) is 5.56 Å². The van der Waals surface area contributed by atoms with Gasteiger partial charge in [0, 0.05) is 5.56 Å². The minimum Gasteiger partial charge on any atom is -0.267 e. The van der Waals surface area contributed by atoms with Gasteiger partial charge in [-0.3, -0.25) is 5.10 Å². The molecule has 0 spiro atoms. The minimum atomic E-state index is -3.25. The first-order valence-corrected chi connectivity index (χ1v) is 6.62. The number of aromatic nitrogens is 2. The van der Waals surface area contributed by atoms with Gasteiger partial charge in [-0.2, -0.15) is 5.10 Å². The van der Waals surface area contributed by atoms with E-state index in [-0.39, 0.29) is 10.8 Å². The number of rotatable bonds is 3. The van der Waals surface area contributed by atoms with Crippen LogP contribution in [0.4, 0.5) is 0 Å². The van der Waals surface area contributed by atoms with Gasteiger partial charge in [-0.15, -0.1) is 0 Å². The molecule has 16 heavy (non-hydrogen) atoms. The van der Waals surface area contributed by atoms with E-state index in [4.69, 9.17) is 0 Å². The van der Waals surface area contributed by atoms with Crippen molar-refractivity contribution in [2.24, 2.45) is 0 Å². The van der Waals surface area contributed by atoms with Gasteiger partial charge in [0.25, 0.3) is 0 Å². The van der Waals surface area contributed by atoms with Crippen molar-refractivity contribution >= 4 is 9.84 Å². The van der Waals surface area contributed by atoms with E-state index in [1.54, 1.807) is 6.92 Å². The van der Waals surface area contributed by atoms with E-state index in [1.807, 2.05) is 30.3 Å². The monoisotopic (exact) mass is 236 g/mol. The lowest BCUT2D eigenvalue weighted by molar-refractivity contribution is 0.593. The Balaban J connectivity index is 2.58. The van der Waals surface area contributed by atoms with Gasteiger partial charge in [0.1, 0.15) is 0 Å². The molecular weight excluding hydrogens is 224 g/mol. The maximum Gasteiger partial charge on any atom is 0.195 e. The van der Waals surface area contributed by atoms with Crippen LogP contribution in [0, 0.1) is 0 Å². The summed E-state index contributed by atoms with van der Waals surface area (Å²) in [6.45, 7) is 1.62. The summed E-state index contributed by atoms with van der Waals surface area (Å²) in [7, 11) is -3.25. The van der Waals surface area contributed by atoms with Crippen LogP contribution >= 0.6 is 0 Å². The van der Waals surface area contributed by atoms with E-state index >= 15 is 0 Å². The van der Waals surface area contributed by atoms with Gasteiger partial charge in [0.15, 0.2) is 14.9 Å².